The van der Waals surface area contributed by atoms with Gasteiger partial charge in [0.25, 0.3) is 0 Å². The van der Waals surface area contributed by atoms with Gasteiger partial charge in [-0.25, -0.2) is 9.99 Å². The Morgan fingerprint density at radius 2 is 2.00 bits per heavy atom. The van der Waals surface area contributed by atoms with Crippen LogP contribution in [0.15, 0.2) is 57.7 Å². The highest BCUT2D eigenvalue weighted by Gasteiger charge is 2.36. The van der Waals surface area contributed by atoms with E-state index in [0.717, 1.165) is 60.8 Å². The van der Waals surface area contributed by atoms with Gasteiger partial charge in [-0.15, -0.1) is 0 Å². The Hall–Kier alpha value is -2.34. The number of nitrogens with one attached hydrogen (secondary N) is 1. The maximum Gasteiger partial charge on any atom is 0.213 e. The highest BCUT2D eigenvalue weighted by molar-refractivity contribution is 6.29. The van der Waals surface area contributed by atoms with E-state index in [-0.39, 0.29) is 6.04 Å². The molecule has 5 rings (SSSR count). The zero-order chi connectivity index (χ0) is 20.0. The molecule has 1 aromatic rings. The third kappa shape index (κ3) is 3.44. The summed E-state index contributed by atoms with van der Waals surface area (Å²) in [6.45, 7) is 2.23. The van der Waals surface area contributed by atoms with Gasteiger partial charge < -0.3 is 10.2 Å². The van der Waals surface area contributed by atoms with Crippen LogP contribution in [0.5, 0.6) is 0 Å². The molecule has 0 saturated heterocycles. The smallest absolute Gasteiger partial charge is 0.213 e. The maximum atomic E-state index is 13.5. The van der Waals surface area contributed by atoms with E-state index in [1.165, 1.54) is 11.6 Å². The number of hydrogen-bond donors (Lipinski definition) is 1. The van der Waals surface area contributed by atoms with E-state index in [2.05, 4.69) is 39.4 Å². The lowest BCUT2D eigenvalue weighted by atomic mass is 9.83. The maximum absolute atomic E-state index is 13.5. The van der Waals surface area contributed by atoms with Crippen LogP contribution in [-0.2, 0) is 0 Å². The molecule has 152 valence electrons. The zero-order valence-electron chi connectivity index (χ0n) is 16.5. The molecule has 7 heteroatoms. The fourth-order valence-corrected chi connectivity index (χ4v) is 5.13. The predicted molar refractivity (Wildman–Crippen MR) is 112 cm³/mol. The number of fused-ring (bicyclic) bond motifs is 1. The molecule has 2 aliphatic heterocycles. The molecule has 1 atom stereocenters. The molecule has 0 spiro atoms. The molecule has 0 aromatic carbocycles. The Balaban J connectivity index is 1.30. The third-order valence-electron chi connectivity index (χ3n) is 6.56. The van der Waals surface area contributed by atoms with Crippen molar-refractivity contribution in [2.75, 3.05) is 0 Å². The topological polar surface area (TPSA) is 43.8 Å². The van der Waals surface area contributed by atoms with Gasteiger partial charge in [0.1, 0.15) is 12.2 Å². The summed E-state index contributed by atoms with van der Waals surface area (Å²) in [5.41, 5.74) is 3.36. The number of halogens is 2. The summed E-state index contributed by atoms with van der Waals surface area (Å²) in [5.74, 6) is 1.02. The Kier molecular flexibility index (Phi) is 4.82. The second-order valence-electron chi connectivity index (χ2n) is 8.23. The van der Waals surface area contributed by atoms with Crippen LogP contribution in [0.4, 0.5) is 4.39 Å². The summed E-state index contributed by atoms with van der Waals surface area (Å²) >= 11 is 6.27. The number of pyridine rings is 1. The first-order valence-electron chi connectivity index (χ1n) is 10.4. The van der Waals surface area contributed by atoms with Crippen LogP contribution in [0.1, 0.15) is 57.1 Å². The summed E-state index contributed by atoms with van der Waals surface area (Å²) in [6, 6.07) is 5.69. The molecule has 0 bridgehead atoms. The standard InChI is InChI=1S/C22H25ClFN5/c1-14-18-10-7-16(23)11-20(18)25-12-22-28(14)13-26-29(22)17-8-5-15(6-9-17)19-3-2-4-21(24)27-19/h2-4,11-15,17,25H,5-10H2,1H3. The number of aromatic nitrogens is 1. The Morgan fingerprint density at radius 3 is 2.79 bits per heavy atom. The Morgan fingerprint density at radius 1 is 1.17 bits per heavy atom. The van der Waals surface area contributed by atoms with E-state index in [1.54, 1.807) is 6.07 Å². The molecule has 0 radical (unpaired) electrons. The lowest BCUT2D eigenvalue weighted by molar-refractivity contribution is 0.176. The number of nitrogens with zero attached hydrogens (tertiary/aromatic N) is 4. The SMILES string of the molecule is CC1C2=C(C=C(Cl)CC2)NC=C2N1C=NN2C1CCC(c2cccc(F)n2)CC1. The molecule has 1 N–H and O–H groups in total. The Labute approximate surface area is 175 Å². The number of rotatable bonds is 2. The van der Waals surface area contributed by atoms with Crippen molar-refractivity contribution in [1.82, 2.24) is 20.2 Å². The van der Waals surface area contributed by atoms with Crippen molar-refractivity contribution >= 4 is 17.9 Å². The summed E-state index contributed by atoms with van der Waals surface area (Å²) in [7, 11) is 0. The summed E-state index contributed by atoms with van der Waals surface area (Å²) < 4.78 is 13.5. The minimum absolute atomic E-state index is 0.244. The fourth-order valence-electron chi connectivity index (χ4n) is 4.92. The summed E-state index contributed by atoms with van der Waals surface area (Å²) in [5, 5.41) is 11.3. The van der Waals surface area contributed by atoms with Crippen molar-refractivity contribution in [3.05, 3.63) is 64.2 Å². The molecule has 5 nitrogen and oxygen atoms in total. The summed E-state index contributed by atoms with van der Waals surface area (Å²) in [4.78, 5) is 6.35. The second-order valence-corrected chi connectivity index (χ2v) is 8.71. The van der Waals surface area contributed by atoms with E-state index in [4.69, 9.17) is 16.7 Å². The molecule has 3 heterocycles. The van der Waals surface area contributed by atoms with Crippen molar-refractivity contribution in [2.24, 2.45) is 5.10 Å². The monoisotopic (exact) mass is 413 g/mol. The Bertz CT molecular complexity index is 929. The first-order chi connectivity index (χ1) is 14.1. The van der Waals surface area contributed by atoms with Crippen LogP contribution in [-0.4, -0.2) is 33.3 Å². The van der Waals surface area contributed by atoms with E-state index in [1.807, 2.05) is 12.4 Å². The molecule has 1 fully saturated rings. The zero-order valence-corrected chi connectivity index (χ0v) is 17.2. The average Bonchev–Trinajstić information content (AvgIpc) is 3.10. The van der Waals surface area contributed by atoms with Gasteiger partial charge in [0.2, 0.25) is 5.95 Å². The lowest BCUT2D eigenvalue weighted by Gasteiger charge is -2.35. The van der Waals surface area contributed by atoms with Crippen LogP contribution in [0.25, 0.3) is 0 Å². The molecule has 0 amide bonds. The average molecular weight is 414 g/mol. The van der Waals surface area contributed by atoms with Crippen molar-refractivity contribution in [1.29, 1.82) is 0 Å². The van der Waals surface area contributed by atoms with Crippen molar-refractivity contribution in [2.45, 2.75) is 63.5 Å². The first-order valence-corrected chi connectivity index (χ1v) is 10.8. The van der Waals surface area contributed by atoms with Gasteiger partial charge in [-0.1, -0.05) is 17.7 Å². The number of hydrogen-bond acceptors (Lipinski definition) is 5. The van der Waals surface area contributed by atoms with Crippen LogP contribution in [0.2, 0.25) is 0 Å². The minimum atomic E-state index is -0.390. The van der Waals surface area contributed by atoms with Gasteiger partial charge in [0.15, 0.2) is 0 Å². The third-order valence-corrected chi connectivity index (χ3v) is 6.85. The first kappa shape index (κ1) is 18.7. The molecule has 1 aromatic heterocycles. The van der Waals surface area contributed by atoms with Crippen molar-refractivity contribution in [3.63, 3.8) is 0 Å². The molecular formula is C22H25ClFN5. The van der Waals surface area contributed by atoms with Crippen LogP contribution in [0, 0.1) is 5.95 Å². The molecule has 1 saturated carbocycles. The van der Waals surface area contributed by atoms with Crippen molar-refractivity contribution < 1.29 is 4.39 Å². The molecule has 1 unspecified atom stereocenters. The molecular weight excluding hydrogens is 389 g/mol. The van der Waals surface area contributed by atoms with Gasteiger partial charge >= 0.3 is 0 Å². The quantitative estimate of drug-likeness (QED) is 0.709. The molecule has 2 aliphatic carbocycles. The lowest BCUT2D eigenvalue weighted by Crippen LogP contribution is -2.38. The van der Waals surface area contributed by atoms with Crippen LogP contribution in [0.3, 0.4) is 0 Å². The largest absolute Gasteiger partial charge is 0.358 e. The second kappa shape index (κ2) is 7.48. The van der Waals surface area contributed by atoms with Crippen LogP contribution < -0.4 is 5.32 Å². The highest BCUT2D eigenvalue weighted by atomic mass is 35.5. The van der Waals surface area contributed by atoms with Gasteiger partial charge in [-0.3, -0.25) is 0 Å². The molecule has 29 heavy (non-hydrogen) atoms. The molecule has 4 aliphatic rings. The van der Waals surface area contributed by atoms with Crippen LogP contribution >= 0.6 is 11.6 Å². The van der Waals surface area contributed by atoms with E-state index in [0.29, 0.717) is 12.0 Å². The summed E-state index contributed by atoms with van der Waals surface area (Å²) in [6.07, 6.45) is 11.9. The number of allylic oxidation sites excluding steroid dienone is 2. The predicted octanol–water partition coefficient (Wildman–Crippen LogP) is 4.77. The van der Waals surface area contributed by atoms with Gasteiger partial charge in [-0.05, 0) is 69.2 Å². The highest BCUT2D eigenvalue weighted by Crippen LogP contribution is 2.39. The van der Waals surface area contributed by atoms with Gasteiger partial charge in [0.05, 0.1) is 12.1 Å². The normalized spacial score (nSPS) is 29.0. The fraction of sp³-hybridized carbons (Fsp3) is 0.455. The van der Waals surface area contributed by atoms with E-state index in [9.17, 15) is 4.39 Å². The van der Waals surface area contributed by atoms with E-state index < -0.39 is 5.95 Å². The number of hydrazone groups is 1. The van der Waals surface area contributed by atoms with Gasteiger partial charge in [-0.2, -0.15) is 9.49 Å². The van der Waals surface area contributed by atoms with E-state index >= 15 is 0 Å². The van der Waals surface area contributed by atoms with Crippen molar-refractivity contribution in [3.8, 4) is 0 Å². The minimum Gasteiger partial charge on any atom is -0.358 e. The van der Waals surface area contributed by atoms with Gasteiger partial charge in [0, 0.05) is 28.5 Å².